The highest BCUT2D eigenvalue weighted by Gasteiger charge is 2.19. The van der Waals surface area contributed by atoms with E-state index in [1.165, 1.54) is 6.92 Å². The number of rotatable bonds is 6. The summed E-state index contributed by atoms with van der Waals surface area (Å²) in [5.74, 6) is -0.908. The molecule has 5 heteroatoms. The maximum Gasteiger partial charge on any atom is 0.303 e. The van der Waals surface area contributed by atoms with Crippen molar-refractivity contribution in [1.29, 1.82) is 0 Å². The van der Waals surface area contributed by atoms with E-state index in [9.17, 15) is 9.59 Å². The van der Waals surface area contributed by atoms with Crippen LogP contribution in [0.4, 0.5) is 0 Å². The van der Waals surface area contributed by atoms with Crippen LogP contribution in [0.2, 0.25) is 0 Å². The van der Waals surface area contributed by atoms with E-state index in [0.29, 0.717) is 6.42 Å². The summed E-state index contributed by atoms with van der Waals surface area (Å²) < 4.78 is 0. The fourth-order valence-electron chi connectivity index (χ4n) is 1.09. The van der Waals surface area contributed by atoms with E-state index in [-0.39, 0.29) is 18.2 Å². The molecule has 1 atom stereocenters. The van der Waals surface area contributed by atoms with Crippen molar-refractivity contribution in [2.45, 2.75) is 25.8 Å². The number of ketones is 1. The van der Waals surface area contributed by atoms with Gasteiger partial charge in [0.15, 0.2) is 0 Å². The van der Waals surface area contributed by atoms with Gasteiger partial charge in [-0.15, -0.1) is 0 Å². The number of Topliss-reactive ketones (excluding diaryl/α,β-unsaturated/α-hetero) is 1. The second-order valence-corrected chi connectivity index (χ2v) is 2.89. The molecule has 0 heterocycles. The lowest BCUT2D eigenvalue weighted by atomic mass is 10.1. The molecule has 5 nitrogen and oxygen atoms in total. The lowest BCUT2D eigenvalue weighted by Crippen LogP contribution is -2.44. The minimum atomic E-state index is -0.879. The number of hydrazine groups is 1. The van der Waals surface area contributed by atoms with E-state index in [1.54, 1.807) is 19.1 Å². The molecule has 0 aromatic heterocycles. The molecule has 0 aliphatic heterocycles. The highest BCUT2D eigenvalue weighted by molar-refractivity contribution is 5.82. The lowest BCUT2D eigenvalue weighted by Gasteiger charge is -2.24. The minimum absolute atomic E-state index is 0.0102. The third-order valence-electron chi connectivity index (χ3n) is 1.92. The zero-order chi connectivity index (χ0) is 10.4. The van der Waals surface area contributed by atoms with Gasteiger partial charge in [0.05, 0.1) is 6.04 Å². The Morgan fingerprint density at radius 1 is 1.54 bits per heavy atom. The second-order valence-electron chi connectivity index (χ2n) is 2.89. The molecule has 0 rings (SSSR count). The molecule has 2 N–H and O–H groups in total. The molecular formula is C8H16N2O3. The zero-order valence-electron chi connectivity index (χ0n) is 8.20. The smallest absolute Gasteiger partial charge is 0.303 e. The Morgan fingerprint density at radius 3 is 2.38 bits per heavy atom. The van der Waals surface area contributed by atoms with Crippen molar-refractivity contribution in [3.05, 3.63) is 0 Å². The van der Waals surface area contributed by atoms with Crippen molar-refractivity contribution < 1.29 is 14.7 Å². The molecule has 0 aromatic rings. The average molecular weight is 188 g/mol. The average Bonchev–Trinajstić information content (AvgIpc) is 2.03. The first kappa shape index (κ1) is 12.1. The van der Waals surface area contributed by atoms with Crippen LogP contribution >= 0.6 is 0 Å². The standard InChI is InChI=1S/C8H16N2O3/c1-6(11)7(10(3)9-2)4-5-8(12)13/h7,9H,4-5H2,1-3H3,(H,12,13). The molecule has 0 spiro atoms. The monoisotopic (exact) mass is 188 g/mol. The van der Waals surface area contributed by atoms with Crippen molar-refractivity contribution in [1.82, 2.24) is 10.4 Å². The number of likely N-dealkylation sites (N-methyl/N-ethyl adjacent to an activating group) is 1. The Balaban J connectivity index is 4.10. The van der Waals surface area contributed by atoms with Gasteiger partial charge in [0.1, 0.15) is 5.78 Å². The van der Waals surface area contributed by atoms with Gasteiger partial charge in [0.2, 0.25) is 0 Å². The Morgan fingerprint density at radius 2 is 2.08 bits per heavy atom. The number of carboxylic acid groups (broad SMARTS) is 1. The molecule has 0 aliphatic rings. The Hall–Kier alpha value is -0.940. The van der Waals surface area contributed by atoms with Crippen LogP contribution in [0.3, 0.4) is 0 Å². The molecule has 0 aromatic carbocycles. The summed E-state index contributed by atoms with van der Waals surface area (Å²) in [5.41, 5.74) is 2.79. The molecule has 1 unspecified atom stereocenters. The minimum Gasteiger partial charge on any atom is -0.481 e. The van der Waals surface area contributed by atoms with Crippen LogP contribution < -0.4 is 5.43 Å². The summed E-state index contributed by atoms with van der Waals surface area (Å²) in [6, 6.07) is -0.360. The first-order valence-corrected chi connectivity index (χ1v) is 4.11. The van der Waals surface area contributed by atoms with Gasteiger partial charge >= 0.3 is 5.97 Å². The number of nitrogens with zero attached hydrogens (tertiary/aromatic N) is 1. The van der Waals surface area contributed by atoms with Crippen LogP contribution in [-0.2, 0) is 9.59 Å². The molecule has 0 amide bonds. The molecule has 0 radical (unpaired) electrons. The maximum absolute atomic E-state index is 11.1. The molecule has 0 saturated carbocycles. The highest BCUT2D eigenvalue weighted by Crippen LogP contribution is 2.04. The highest BCUT2D eigenvalue weighted by atomic mass is 16.4. The van der Waals surface area contributed by atoms with E-state index < -0.39 is 5.97 Å². The van der Waals surface area contributed by atoms with Crippen LogP contribution in [0.1, 0.15) is 19.8 Å². The summed E-state index contributed by atoms with van der Waals surface area (Å²) >= 11 is 0. The molecule has 0 aliphatic carbocycles. The van der Waals surface area contributed by atoms with Gasteiger partial charge in [-0.25, -0.2) is 5.01 Å². The summed E-state index contributed by atoms with van der Waals surface area (Å²) in [5, 5.41) is 10.1. The SMILES string of the molecule is CNN(C)C(CCC(=O)O)C(C)=O. The maximum atomic E-state index is 11.1. The predicted octanol–water partition coefficient (Wildman–Crippen LogP) is -0.125. The van der Waals surface area contributed by atoms with Crippen molar-refractivity contribution in [3.63, 3.8) is 0 Å². The fourth-order valence-corrected chi connectivity index (χ4v) is 1.09. The van der Waals surface area contributed by atoms with Crippen LogP contribution in [0.15, 0.2) is 0 Å². The number of nitrogens with one attached hydrogen (secondary N) is 1. The number of aliphatic carboxylic acids is 1. The number of carbonyl (C=O) groups excluding carboxylic acids is 1. The van der Waals surface area contributed by atoms with Crippen molar-refractivity contribution >= 4 is 11.8 Å². The Kier molecular flexibility index (Phi) is 5.25. The van der Waals surface area contributed by atoms with Gasteiger partial charge in [-0.05, 0) is 20.4 Å². The molecule has 0 saturated heterocycles. The van der Waals surface area contributed by atoms with Crippen LogP contribution in [-0.4, -0.2) is 42.0 Å². The fraction of sp³-hybridized carbons (Fsp3) is 0.750. The van der Waals surface area contributed by atoms with E-state index >= 15 is 0 Å². The number of carbonyl (C=O) groups is 2. The van der Waals surface area contributed by atoms with Crippen molar-refractivity contribution in [3.8, 4) is 0 Å². The number of hydrogen-bond acceptors (Lipinski definition) is 4. The quantitative estimate of drug-likeness (QED) is 0.568. The van der Waals surface area contributed by atoms with Gasteiger partial charge < -0.3 is 5.11 Å². The molecular weight excluding hydrogens is 172 g/mol. The molecule has 0 fully saturated rings. The molecule has 0 bridgehead atoms. The van der Waals surface area contributed by atoms with Gasteiger partial charge in [-0.2, -0.15) is 0 Å². The third kappa shape index (κ3) is 4.59. The zero-order valence-corrected chi connectivity index (χ0v) is 8.20. The topological polar surface area (TPSA) is 69.6 Å². The summed E-state index contributed by atoms with van der Waals surface area (Å²) in [7, 11) is 3.41. The van der Waals surface area contributed by atoms with Gasteiger partial charge in [0, 0.05) is 13.5 Å². The Bertz CT molecular complexity index is 194. The number of carboxylic acids is 1. The first-order chi connectivity index (χ1) is 5.99. The van der Waals surface area contributed by atoms with Crippen LogP contribution in [0.25, 0.3) is 0 Å². The lowest BCUT2D eigenvalue weighted by molar-refractivity contribution is -0.137. The van der Waals surface area contributed by atoms with E-state index in [4.69, 9.17) is 5.11 Å². The molecule has 13 heavy (non-hydrogen) atoms. The predicted molar refractivity (Wildman–Crippen MR) is 48.2 cm³/mol. The van der Waals surface area contributed by atoms with Crippen LogP contribution in [0, 0.1) is 0 Å². The summed E-state index contributed by atoms with van der Waals surface area (Å²) in [6.45, 7) is 1.46. The normalized spacial score (nSPS) is 12.9. The van der Waals surface area contributed by atoms with E-state index in [0.717, 1.165) is 0 Å². The summed E-state index contributed by atoms with van der Waals surface area (Å²) in [6.07, 6.45) is 0.346. The van der Waals surface area contributed by atoms with E-state index in [2.05, 4.69) is 5.43 Å². The van der Waals surface area contributed by atoms with Crippen LogP contribution in [0.5, 0.6) is 0 Å². The summed E-state index contributed by atoms with van der Waals surface area (Å²) in [4.78, 5) is 21.4. The number of hydrogen-bond donors (Lipinski definition) is 2. The second kappa shape index (κ2) is 5.66. The largest absolute Gasteiger partial charge is 0.481 e. The Labute approximate surface area is 77.7 Å². The van der Waals surface area contributed by atoms with Gasteiger partial charge in [-0.1, -0.05) is 0 Å². The molecule has 76 valence electrons. The van der Waals surface area contributed by atoms with Crippen molar-refractivity contribution in [2.24, 2.45) is 0 Å². The van der Waals surface area contributed by atoms with Gasteiger partial charge in [-0.3, -0.25) is 15.0 Å². The van der Waals surface area contributed by atoms with E-state index in [1.807, 2.05) is 0 Å². The first-order valence-electron chi connectivity index (χ1n) is 4.11. The third-order valence-corrected chi connectivity index (χ3v) is 1.92. The van der Waals surface area contributed by atoms with Crippen molar-refractivity contribution in [2.75, 3.05) is 14.1 Å². The van der Waals surface area contributed by atoms with Gasteiger partial charge in [0.25, 0.3) is 0 Å².